The third kappa shape index (κ3) is 3.74. The number of carbonyl (C=O) groups excluding carboxylic acids is 1. The fourth-order valence-corrected chi connectivity index (χ4v) is 6.13. The van der Waals surface area contributed by atoms with E-state index in [2.05, 4.69) is 20.9 Å². The summed E-state index contributed by atoms with van der Waals surface area (Å²) in [6.07, 6.45) is 0. The maximum Gasteiger partial charge on any atom is 0.305 e. The summed E-state index contributed by atoms with van der Waals surface area (Å²) in [5, 5.41) is 0.348. The van der Waals surface area contributed by atoms with Crippen molar-refractivity contribution < 1.29 is 13.2 Å². The number of sulfonamides is 1. The molecule has 2 heterocycles. The van der Waals surface area contributed by atoms with Crippen molar-refractivity contribution in [3.05, 3.63) is 48.6 Å². The van der Waals surface area contributed by atoms with E-state index in [1.54, 1.807) is 30.0 Å². The van der Waals surface area contributed by atoms with Crippen LogP contribution < -0.4 is 4.87 Å². The quantitative estimate of drug-likeness (QED) is 0.730. The lowest BCUT2D eigenvalue weighted by molar-refractivity contribution is 0.0698. The van der Waals surface area contributed by atoms with Crippen LogP contribution in [0.3, 0.4) is 0 Å². The summed E-state index contributed by atoms with van der Waals surface area (Å²) in [5.41, 5.74) is 0.705. The standard InChI is InChI=1S/C15H15BrClN3O4S2/c1-9-14(25-15(22)18-9)26(23,24)20-6-4-19(5-7-20)13(21)11-8-10(16)2-3-12(11)17/h2-3,8H,4-7H2,1H3,(H,18,22). The van der Waals surface area contributed by atoms with Crippen LogP contribution in [-0.2, 0) is 10.0 Å². The van der Waals surface area contributed by atoms with Gasteiger partial charge in [0.25, 0.3) is 15.9 Å². The molecule has 2 aromatic rings. The molecule has 0 atom stereocenters. The van der Waals surface area contributed by atoms with Crippen molar-refractivity contribution in [2.75, 3.05) is 26.2 Å². The monoisotopic (exact) mass is 479 g/mol. The number of piperazine rings is 1. The lowest BCUT2D eigenvalue weighted by atomic mass is 10.2. The molecule has 1 aliphatic heterocycles. The molecule has 1 aromatic carbocycles. The van der Waals surface area contributed by atoms with Crippen LogP contribution in [0.5, 0.6) is 0 Å². The van der Waals surface area contributed by atoms with Gasteiger partial charge in [0.1, 0.15) is 0 Å². The molecule has 0 bridgehead atoms. The number of thiazole rings is 1. The number of amides is 1. The summed E-state index contributed by atoms with van der Waals surface area (Å²) in [6.45, 7) is 2.37. The topological polar surface area (TPSA) is 90.5 Å². The average molecular weight is 481 g/mol. The molecule has 0 spiro atoms. The summed E-state index contributed by atoms with van der Waals surface area (Å²) < 4.78 is 27.5. The molecule has 1 fully saturated rings. The number of aromatic nitrogens is 1. The zero-order valence-corrected chi connectivity index (χ0v) is 17.6. The predicted octanol–water partition coefficient (Wildman–Crippen LogP) is 2.31. The van der Waals surface area contributed by atoms with Gasteiger partial charge in [-0.1, -0.05) is 38.9 Å². The molecular weight excluding hydrogens is 466 g/mol. The van der Waals surface area contributed by atoms with E-state index in [4.69, 9.17) is 11.6 Å². The Morgan fingerprint density at radius 1 is 1.27 bits per heavy atom. The Hall–Kier alpha value is -1.20. The van der Waals surface area contributed by atoms with Crippen molar-refractivity contribution in [2.24, 2.45) is 0 Å². The van der Waals surface area contributed by atoms with Crippen LogP contribution in [-0.4, -0.2) is 54.7 Å². The summed E-state index contributed by atoms with van der Waals surface area (Å²) in [4.78, 5) is 27.7. The Labute approximate surface area is 167 Å². The number of rotatable bonds is 3. The van der Waals surface area contributed by atoms with Gasteiger partial charge in [-0.15, -0.1) is 0 Å². The molecule has 7 nitrogen and oxygen atoms in total. The van der Waals surface area contributed by atoms with E-state index in [0.29, 0.717) is 27.6 Å². The molecule has 1 N–H and O–H groups in total. The van der Waals surface area contributed by atoms with Gasteiger partial charge in [0.2, 0.25) is 0 Å². The van der Waals surface area contributed by atoms with Crippen LogP contribution in [0.15, 0.2) is 31.7 Å². The van der Waals surface area contributed by atoms with Crippen LogP contribution in [0.2, 0.25) is 5.02 Å². The zero-order valence-electron chi connectivity index (χ0n) is 13.7. The van der Waals surface area contributed by atoms with Crippen LogP contribution in [0.1, 0.15) is 16.1 Å². The molecule has 3 rings (SSSR count). The first-order valence-corrected chi connectivity index (χ1v) is 11.1. The first-order chi connectivity index (χ1) is 12.2. The molecule has 26 heavy (non-hydrogen) atoms. The largest absolute Gasteiger partial charge is 0.336 e. The lowest BCUT2D eigenvalue weighted by Crippen LogP contribution is -2.50. The minimum absolute atomic E-state index is 0.0253. The van der Waals surface area contributed by atoms with E-state index in [9.17, 15) is 18.0 Å². The molecular formula is C15H15BrClN3O4S2. The SMILES string of the molecule is Cc1[nH]c(=O)sc1S(=O)(=O)N1CCN(C(=O)c2cc(Br)ccc2Cl)CC1. The smallest absolute Gasteiger partial charge is 0.305 e. The van der Waals surface area contributed by atoms with Gasteiger partial charge in [-0.05, 0) is 25.1 Å². The summed E-state index contributed by atoms with van der Waals surface area (Å²) >= 11 is 10.1. The lowest BCUT2D eigenvalue weighted by Gasteiger charge is -2.34. The Morgan fingerprint density at radius 3 is 2.50 bits per heavy atom. The Balaban J connectivity index is 1.75. The highest BCUT2D eigenvalue weighted by molar-refractivity contribution is 9.10. The fourth-order valence-electron chi connectivity index (χ4n) is 2.72. The minimum Gasteiger partial charge on any atom is -0.336 e. The number of aryl methyl sites for hydroxylation is 1. The molecule has 1 aromatic heterocycles. The van der Waals surface area contributed by atoms with Crippen LogP contribution in [0.25, 0.3) is 0 Å². The molecule has 140 valence electrons. The first kappa shape index (κ1) is 19.6. The molecule has 1 aliphatic rings. The van der Waals surface area contributed by atoms with Gasteiger partial charge in [-0.25, -0.2) is 8.42 Å². The second kappa shape index (κ2) is 7.43. The van der Waals surface area contributed by atoms with Crippen molar-refractivity contribution in [1.29, 1.82) is 0 Å². The van der Waals surface area contributed by atoms with Gasteiger partial charge in [-0.3, -0.25) is 9.59 Å². The summed E-state index contributed by atoms with van der Waals surface area (Å²) in [6, 6.07) is 5.03. The molecule has 0 saturated carbocycles. The highest BCUT2D eigenvalue weighted by Crippen LogP contribution is 2.25. The van der Waals surface area contributed by atoms with Crippen molar-refractivity contribution in [1.82, 2.24) is 14.2 Å². The molecule has 0 radical (unpaired) electrons. The van der Waals surface area contributed by atoms with E-state index >= 15 is 0 Å². The average Bonchev–Trinajstić information content (AvgIpc) is 2.95. The number of hydrogen-bond donors (Lipinski definition) is 1. The summed E-state index contributed by atoms with van der Waals surface area (Å²) in [7, 11) is -3.75. The summed E-state index contributed by atoms with van der Waals surface area (Å²) in [5.74, 6) is -0.240. The number of aromatic amines is 1. The number of benzene rings is 1. The van der Waals surface area contributed by atoms with Gasteiger partial charge in [-0.2, -0.15) is 4.31 Å². The second-order valence-corrected chi connectivity index (χ2v) is 10.2. The number of nitrogens with zero attached hydrogens (tertiary/aromatic N) is 2. The van der Waals surface area contributed by atoms with Crippen LogP contribution in [0.4, 0.5) is 0 Å². The molecule has 0 unspecified atom stereocenters. The highest BCUT2D eigenvalue weighted by Gasteiger charge is 2.33. The first-order valence-electron chi connectivity index (χ1n) is 7.64. The van der Waals surface area contributed by atoms with Gasteiger partial charge in [0, 0.05) is 36.3 Å². The van der Waals surface area contributed by atoms with Crippen LogP contribution in [0, 0.1) is 6.92 Å². The third-order valence-electron chi connectivity index (χ3n) is 4.04. The molecule has 1 saturated heterocycles. The van der Waals surface area contributed by atoms with Gasteiger partial charge < -0.3 is 9.88 Å². The maximum absolute atomic E-state index is 12.7. The van der Waals surface area contributed by atoms with Crippen molar-refractivity contribution in [3.63, 3.8) is 0 Å². The van der Waals surface area contributed by atoms with Gasteiger partial charge in [0.05, 0.1) is 10.6 Å². The second-order valence-electron chi connectivity index (χ2n) is 5.75. The van der Waals surface area contributed by atoms with E-state index in [1.807, 2.05) is 0 Å². The van der Waals surface area contributed by atoms with E-state index in [0.717, 1.165) is 4.47 Å². The number of hydrogen-bond acceptors (Lipinski definition) is 5. The normalized spacial score (nSPS) is 16.0. The van der Waals surface area contributed by atoms with Gasteiger partial charge in [0.15, 0.2) is 4.21 Å². The third-order valence-corrected chi connectivity index (χ3v) is 8.34. The maximum atomic E-state index is 12.7. The number of carbonyl (C=O) groups is 1. The Bertz CT molecular complexity index is 1010. The number of halogens is 2. The Morgan fingerprint density at radius 2 is 1.92 bits per heavy atom. The van der Waals surface area contributed by atoms with E-state index in [-0.39, 0.29) is 36.3 Å². The van der Waals surface area contributed by atoms with E-state index < -0.39 is 14.9 Å². The van der Waals surface area contributed by atoms with Crippen molar-refractivity contribution >= 4 is 54.8 Å². The predicted molar refractivity (Wildman–Crippen MR) is 103 cm³/mol. The molecule has 11 heteroatoms. The minimum atomic E-state index is -3.75. The fraction of sp³-hybridized carbons (Fsp3) is 0.333. The zero-order chi connectivity index (χ0) is 19.1. The molecule has 0 aliphatic carbocycles. The number of H-pyrrole nitrogens is 1. The van der Waals surface area contributed by atoms with Crippen molar-refractivity contribution in [3.8, 4) is 0 Å². The van der Waals surface area contributed by atoms with Crippen molar-refractivity contribution in [2.45, 2.75) is 11.1 Å². The number of nitrogens with one attached hydrogen (secondary N) is 1. The Kier molecular flexibility index (Phi) is 5.59. The highest BCUT2D eigenvalue weighted by atomic mass is 79.9. The van der Waals surface area contributed by atoms with Gasteiger partial charge >= 0.3 is 4.87 Å². The molecule has 1 amide bonds. The van der Waals surface area contributed by atoms with Crippen LogP contribution >= 0.6 is 38.9 Å². The van der Waals surface area contributed by atoms with E-state index in [1.165, 1.54) is 4.31 Å².